The van der Waals surface area contributed by atoms with Crippen LogP contribution in [0.15, 0.2) is 72.8 Å². The number of carbonyl (C=O) groups is 2. The summed E-state index contributed by atoms with van der Waals surface area (Å²) < 4.78 is 10.7. The first-order valence-corrected chi connectivity index (χ1v) is 13.3. The highest BCUT2D eigenvalue weighted by atomic mass is 35.5. The average Bonchev–Trinajstić information content (AvgIpc) is 2.93. The first-order valence-electron chi connectivity index (χ1n) is 12.9. The lowest BCUT2D eigenvalue weighted by atomic mass is 10.0. The molecule has 2 amide bonds. The van der Waals surface area contributed by atoms with E-state index in [0.29, 0.717) is 35.9 Å². The lowest BCUT2D eigenvalue weighted by Crippen LogP contribution is -2.51. The van der Waals surface area contributed by atoms with Crippen molar-refractivity contribution in [2.75, 3.05) is 20.8 Å². The number of carbonyl (C=O) groups excluding carboxylic acids is 2. The zero-order valence-electron chi connectivity index (χ0n) is 22.6. The van der Waals surface area contributed by atoms with Gasteiger partial charge in [0.1, 0.15) is 6.04 Å². The fourth-order valence-corrected chi connectivity index (χ4v) is 4.41. The summed E-state index contributed by atoms with van der Waals surface area (Å²) in [6, 6.07) is 22.1. The van der Waals surface area contributed by atoms with Crippen molar-refractivity contribution < 1.29 is 19.1 Å². The second-order valence-corrected chi connectivity index (χ2v) is 10.1. The number of nitrogens with zero attached hydrogens (tertiary/aromatic N) is 1. The van der Waals surface area contributed by atoms with Gasteiger partial charge in [0.25, 0.3) is 0 Å². The number of rotatable bonds is 13. The predicted octanol–water partition coefficient (Wildman–Crippen LogP) is 5.70. The molecule has 0 aliphatic carbocycles. The maximum atomic E-state index is 13.8. The van der Waals surface area contributed by atoms with Crippen LogP contribution in [0.3, 0.4) is 0 Å². The Balaban J connectivity index is 1.91. The van der Waals surface area contributed by atoms with E-state index in [1.54, 1.807) is 25.2 Å². The summed E-state index contributed by atoms with van der Waals surface area (Å²) in [5.41, 5.74) is 2.72. The molecule has 3 rings (SSSR count). The summed E-state index contributed by atoms with van der Waals surface area (Å²) >= 11 is 6.49. The quantitative estimate of drug-likeness (QED) is 0.304. The van der Waals surface area contributed by atoms with Crippen LogP contribution in [0, 0.1) is 5.92 Å². The highest BCUT2D eigenvalue weighted by molar-refractivity contribution is 6.31. The van der Waals surface area contributed by atoms with E-state index in [1.165, 1.54) is 0 Å². The van der Waals surface area contributed by atoms with Gasteiger partial charge < -0.3 is 19.7 Å². The van der Waals surface area contributed by atoms with E-state index >= 15 is 0 Å². The third kappa shape index (κ3) is 8.25. The topological polar surface area (TPSA) is 67.9 Å². The Labute approximate surface area is 230 Å². The van der Waals surface area contributed by atoms with Crippen molar-refractivity contribution in [2.45, 2.75) is 45.7 Å². The number of aryl methyl sites for hydroxylation is 1. The largest absolute Gasteiger partial charge is 0.493 e. The molecule has 0 aliphatic rings. The highest BCUT2D eigenvalue weighted by Crippen LogP contribution is 2.28. The second kappa shape index (κ2) is 14.4. The number of nitrogens with one attached hydrogen (secondary N) is 1. The van der Waals surface area contributed by atoms with E-state index < -0.39 is 6.04 Å². The lowest BCUT2D eigenvalue weighted by molar-refractivity contribution is -0.141. The summed E-state index contributed by atoms with van der Waals surface area (Å²) in [7, 11) is 3.17. The summed E-state index contributed by atoms with van der Waals surface area (Å²) in [5.74, 6) is 1.23. The van der Waals surface area contributed by atoms with Crippen molar-refractivity contribution >= 4 is 23.4 Å². The van der Waals surface area contributed by atoms with Crippen molar-refractivity contribution in [1.82, 2.24) is 10.2 Å². The van der Waals surface area contributed by atoms with Gasteiger partial charge in [-0.15, -0.1) is 0 Å². The standard InChI is InChI=1S/C31H37ClN2O4/c1-22(2)20-33-31(36)27(18-23-10-6-5-7-11-23)34(21-25-12-8-9-13-26(25)32)30(35)17-15-24-14-16-28(37-3)29(19-24)38-4/h5-14,16,19,22,27H,15,17-18,20-21H2,1-4H3,(H,33,36)/t27-/m0/s1. The van der Waals surface area contributed by atoms with Crippen LogP contribution >= 0.6 is 11.6 Å². The first-order chi connectivity index (χ1) is 18.3. The number of ether oxygens (including phenoxy) is 2. The van der Waals surface area contributed by atoms with Gasteiger partial charge in [-0.1, -0.05) is 80.0 Å². The van der Waals surface area contributed by atoms with Gasteiger partial charge in [-0.05, 0) is 47.2 Å². The van der Waals surface area contributed by atoms with Crippen LogP contribution in [0.2, 0.25) is 5.02 Å². The molecule has 0 aliphatic heterocycles. The van der Waals surface area contributed by atoms with E-state index in [9.17, 15) is 9.59 Å². The molecular formula is C31H37ClN2O4. The fourth-order valence-electron chi connectivity index (χ4n) is 4.22. The van der Waals surface area contributed by atoms with Gasteiger partial charge in [0.05, 0.1) is 14.2 Å². The Morgan fingerprint density at radius 3 is 2.24 bits per heavy atom. The summed E-state index contributed by atoms with van der Waals surface area (Å²) in [5, 5.41) is 3.60. The van der Waals surface area contributed by atoms with Gasteiger partial charge in [-0.25, -0.2) is 0 Å². The van der Waals surface area contributed by atoms with Gasteiger partial charge in [-0.2, -0.15) is 0 Å². The van der Waals surface area contributed by atoms with Crippen LogP contribution in [0.4, 0.5) is 0 Å². The molecule has 0 radical (unpaired) electrons. The average molecular weight is 537 g/mol. The van der Waals surface area contributed by atoms with Gasteiger partial charge >= 0.3 is 0 Å². The third-order valence-electron chi connectivity index (χ3n) is 6.33. The van der Waals surface area contributed by atoms with Gasteiger partial charge in [0, 0.05) is 31.0 Å². The van der Waals surface area contributed by atoms with Crippen molar-refractivity contribution in [3.8, 4) is 11.5 Å². The molecule has 0 unspecified atom stereocenters. The summed E-state index contributed by atoms with van der Waals surface area (Å²) in [4.78, 5) is 29.0. The minimum atomic E-state index is -0.690. The zero-order valence-corrected chi connectivity index (χ0v) is 23.3. The van der Waals surface area contributed by atoms with Crippen molar-refractivity contribution in [1.29, 1.82) is 0 Å². The van der Waals surface area contributed by atoms with Crippen LogP contribution < -0.4 is 14.8 Å². The smallest absolute Gasteiger partial charge is 0.243 e. The van der Waals surface area contributed by atoms with E-state index in [0.717, 1.165) is 16.7 Å². The number of hydrogen-bond donors (Lipinski definition) is 1. The monoisotopic (exact) mass is 536 g/mol. The molecule has 1 N–H and O–H groups in total. The van der Waals surface area contributed by atoms with E-state index in [-0.39, 0.29) is 30.7 Å². The Morgan fingerprint density at radius 1 is 0.895 bits per heavy atom. The van der Waals surface area contributed by atoms with E-state index in [2.05, 4.69) is 5.32 Å². The Morgan fingerprint density at radius 2 is 1.58 bits per heavy atom. The lowest BCUT2D eigenvalue weighted by Gasteiger charge is -2.32. The predicted molar refractivity (Wildman–Crippen MR) is 152 cm³/mol. The number of hydrogen-bond acceptors (Lipinski definition) is 4. The molecule has 1 atom stereocenters. The minimum absolute atomic E-state index is 0.125. The van der Waals surface area contributed by atoms with Crippen LogP contribution in [-0.2, 0) is 29.0 Å². The molecule has 3 aromatic rings. The molecule has 0 fully saturated rings. The van der Waals surface area contributed by atoms with Crippen LogP contribution in [0.1, 0.15) is 37.0 Å². The SMILES string of the molecule is COc1ccc(CCC(=O)N(Cc2ccccc2Cl)[C@@H](Cc2ccccc2)C(=O)NCC(C)C)cc1OC. The molecule has 7 heteroatoms. The van der Waals surface area contributed by atoms with E-state index in [1.807, 2.05) is 80.6 Å². The molecule has 0 heterocycles. The maximum Gasteiger partial charge on any atom is 0.243 e. The number of halogens is 1. The second-order valence-electron chi connectivity index (χ2n) is 9.65. The van der Waals surface area contributed by atoms with Crippen molar-refractivity contribution in [2.24, 2.45) is 5.92 Å². The van der Waals surface area contributed by atoms with Crippen LogP contribution in [0.25, 0.3) is 0 Å². The zero-order chi connectivity index (χ0) is 27.5. The molecule has 6 nitrogen and oxygen atoms in total. The van der Waals surface area contributed by atoms with Crippen LogP contribution in [-0.4, -0.2) is 43.5 Å². The molecule has 0 spiro atoms. The molecule has 38 heavy (non-hydrogen) atoms. The molecular weight excluding hydrogens is 500 g/mol. The Hall–Kier alpha value is -3.51. The molecule has 3 aromatic carbocycles. The first kappa shape index (κ1) is 29.1. The molecule has 202 valence electrons. The number of methoxy groups -OCH3 is 2. The molecule has 0 saturated carbocycles. The van der Waals surface area contributed by atoms with Crippen molar-refractivity contribution in [3.05, 3.63) is 94.5 Å². The summed E-state index contributed by atoms with van der Waals surface area (Å²) in [6.07, 6.45) is 1.11. The molecule has 0 saturated heterocycles. The van der Waals surface area contributed by atoms with Gasteiger partial charge in [0.15, 0.2) is 11.5 Å². The maximum absolute atomic E-state index is 13.8. The van der Waals surface area contributed by atoms with E-state index in [4.69, 9.17) is 21.1 Å². The van der Waals surface area contributed by atoms with Crippen molar-refractivity contribution in [3.63, 3.8) is 0 Å². The fraction of sp³-hybridized carbons (Fsp3) is 0.355. The summed E-state index contributed by atoms with van der Waals surface area (Å²) in [6.45, 7) is 4.85. The Bertz CT molecular complexity index is 1200. The van der Waals surface area contributed by atoms with Gasteiger partial charge in [-0.3, -0.25) is 9.59 Å². The minimum Gasteiger partial charge on any atom is -0.493 e. The number of benzene rings is 3. The Kier molecular flexibility index (Phi) is 11.0. The third-order valence-corrected chi connectivity index (χ3v) is 6.70. The van der Waals surface area contributed by atoms with Crippen LogP contribution in [0.5, 0.6) is 11.5 Å². The molecule has 0 bridgehead atoms. The highest BCUT2D eigenvalue weighted by Gasteiger charge is 2.30. The number of amides is 2. The normalized spacial score (nSPS) is 11.6. The molecule has 0 aromatic heterocycles. The van der Waals surface area contributed by atoms with Gasteiger partial charge in [0.2, 0.25) is 11.8 Å².